The molecule has 0 spiro atoms. The Balaban J connectivity index is 1.53. The Morgan fingerprint density at radius 1 is 1.23 bits per heavy atom. The van der Waals surface area contributed by atoms with Gasteiger partial charge in [0.05, 0.1) is 28.4 Å². The molecule has 160 valence electrons. The van der Waals surface area contributed by atoms with Crippen LogP contribution in [0.3, 0.4) is 0 Å². The second kappa shape index (κ2) is 7.19. The molecule has 1 atom stereocenters. The topological polar surface area (TPSA) is 174 Å². The highest BCUT2D eigenvalue weighted by molar-refractivity contribution is 5.80. The zero-order chi connectivity index (χ0) is 22.4. The van der Waals surface area contributed by atoms with Crippen LogP contribution in [0.5, 0.6) is 0 Å². The second-order valence-electron chi connectivity index (χ2n) is 7.13. The number of hydrogen-bond acceptors (Lipinski definition) is 7. The number of H-pyrrole nitrogens is 2. The number of non-ortho nitro benzene ring substituents is 1. The molecule has 0 aliphatic carbocycles. The van der Waals surface area contributed by atoms with Crippen LogP contribution in [0, 0.1) is 10.1 Å². The SMILES string of the molecule is CC(NC(=O)Cc1nc2c([nH]1)c(=O)n(C)c(=O)n2C)c1nc2ccc([N+](=O)[O-])cc2[nH]1. The number of nitrogens with zero attached hydrogens (tertiary/aromatic N) is 5. The van der Waals surface area contributed by atoms with Crippen LogP contribution >= 0.6 is 0 Å². The fraction of sp³-hybridized carbons (Fsp3) is 0.278. The fourth-order valence-corrected chi connectivity index (χ4v) is 3.31. The Kier molecular flexibility index (Phi) is 4.64. The Labute approximate surface area is 172 Å². The van der Waals surface area contributed by atoms with Crippen molar-refractivity contribution < 1.29 is 9.72 Å². The molecular weight excluding hydrogens is 408 g/mol. The van der Waals surface area contributed by atoms with Crippen molar-refractivity contribution in [2.75, 3.05) is 0 Å². The molecular formula is C18H18N8O5. The molecule has 1 aromatic carbocycles. The van der Waals surface area contributed by atoms with Crippen molar-refractivity contribution >= 4 is 33.8 Å². The number of aromatic nitrogens is 6. The first-order chi connectivity index (χ1) is 14.7. The van der Waals surface area contributed by atoms with Gasteiger partial charge in [0.1, 0.15) is 17.2 Å². The van der Waals surface area contributed by atoms with Gasteiger partial charge in [-0.3, -0.25) is 28.8 Å². The van der Waals surface area contributed by atoms with Gasteiger partial charge in [0.15, 0.2) is 5.65 Å². The average molecular weight is 426 g/mol. The van der Waals surface area contributed by atoms with E-state index in [1.807, 2.05) is 0 Å². The van der Waals surface area contributed by atoms with Gasteiger partial charge in [0.2, 0.25) is 5.91 Å². The number of aryl methyl sites for hydroxylation is 1. The molecule has 1 amide bonds. The lowest BCUT2D eigenvalue weighted by Crippen LogP contribution is -2.36. The van der Waals surface area contributed by atoms with E-state index in [2.05, 4.69) is 25.3 Å². The molecule has 3 heterocycles. The summed E-state index contributed by atoms with van der Waals surface area (Å²) in [6, 6.07) is 3.75. The van der Waals surface area contributed by atoms with Gasteiger partial charge in [-0.2, -0.15) is 0 Å². The third kappa shape index (κ3) is 3.45. The van der Waals surface area contributed by atoms with Crippen LogP contribution in [0.15, 0.2) is 27.8 Å². The highest BCUT2D eigenvalue weighted by Crippen LogP contribution is 2.21. The van der Waals surface area contributed by atoms with E-state index >= 15 is 0 Å². The lowest BCUT2D eigenvalue weighted by molar-refractivity contribution is -0.384. The molecule has 0 aliphatic heterocycles. The van der Waals surface area contributed by atoms with Gasteiger partial charge >= 0.3 is 5.69 Å². The number of rotatable bonds is 5. The normalized spacial score (nSPS) is 12.4. The summed E-state index contributed by atoms with van der Waals surface area (Å²) in [5.74, 6) is 0.280. The third-order valence-electron chi connectivity index (χ3n) is 4.95. The van der Waals surface area contributed by atoms with E-state index in [0.717, 1.165) is 4.57 Å². The van der Waals surface area contributed by atoms with Gasteiger partial charge in [0, 0.05) is 26.2 Å². The molecule has 0 saturated carbocycles. The van der Waals surface area contributed by atoms with Crippen LogP contribution in [0.1, 0.15) is 24.6 Å². The van der Waals surface area contributed by atoms with E-state index in [9.17, 15) is 24.5 Å². The number of hydrogen-bond donors (Lipinski definition) is 3. The van der Waals surface area contributed by atoms with Crippen molar-refractivity contribution in [3.05, 3.63) is 60.8 Å². The molecule has 3 N–H and O–H groups in total. The average Bonchev–Trinajstić information content (AvgIpc) is 3.34. The Bertz CT molecular complexity index is 1470. The van der Waals surface area contributed by atoms with E-state index in [4.69, 9.17) is 0 Å². The van der Waals surface area contributed by atoms with E-state index in [0.29, 0.717) is 16.9 Å². The third-order valence-corrected chi connectivity index (χ3v) is 4.95. The maximum absolute atomic E-state index is 12.5. The van der Waals surface area contributed by atoms with Gasteiger partial charge in [-0.1, -0.05) is 0 Å². The lowest BCUT2D eigenvalue weighted by Gasteiger charge is -2.10. The molecule has 0 saturated heterocycles. The van der Waals surface area contributed by atoms with Crippen molar-refractivity contribution in [2.45, 2.75) is 19.4 Å². The summed E-state index contributed by atoms with van der Waals surface area (Å²) in [5, 5.41) is 13.7. The largest absolute Gasteiger partial charge is 0.346 e. The van der Waals surface area contributed by atoms with Gasteiger partial charge in [-0.15, -0.1) is 0 Å². The zero-order valence-electron chi connectivity index (χ0n) is 16.8. The van der Waals surface area contributed by atoms with Crippen LogP contribution < -0.4 is 16.6 Å². The Morgan fingerprint density at radius 3 is 2.68 bits per heavy atom. The summed E-state index contributed by atoms with van der Waals surface area (Å²) >= 11 is 0. The molecule has 31 heavy (non-hydrogen) atoms. The van der Waals surface area contributed by atoms with Gasteiger partial charge < -0.3 is 15.3 Å². The molecule has 0 aliphatic rings. The van der Waals surface area contributed by atoms with Gasteiger partial charge in [-0.25, -0.2) is 14.8 Å². The van der Waals surface area contributed by atoms with Crippen LogP contribution in [0.25, 0.3) is 22.2 Å². The van der Waals surface area contributed by atoms with E-state index < -0.39 is 22.2 Å². The number of amides is 1. The molecule has 4 aromatic rings. The summed E-state index contributed by atoms with van der Waals surface area (Å²) in [6.07, 6.45) is -0.151. The smallest absolute Gasteiger partial charge is 0.332 e. The highest BCUT2D eigenvalue weighted by Gasteiger charge is 2.18. The van der Waals surface area contributed by atoms with Crippen LogP contribution in [0.4, 0.5) is 5.69 Å². The Morgan fingerprint density at radius 2 is 1.97 bits per heavy atom. The summed E-state index contributed by atoms with van der Waals surface area (Å²) in [6.45, 7) is 1.71. The minimum atomic E-state index is -0.526. The number of fused-ring (bicyclic) bond motifs is 2. The van der Waals surface area contributed by atoms with E-state index in [1.165, 1.54) is 36.9 Å². The molecule has 4 rings (SSSR count). The molecule has 1 unspecified atom stereocenters. The molecule has 0 bridgehead atoms. The summed E-state index contributed by atoms with van der Waals surface area (Å²) < 4.78 is 2.18. The number of imidazole rings is 2. The summed E-state index contributed by atoms with van der Waals surface area (Å²) in [7, 11) is 2.85. The van der Waals surface area contributed by atoms with Crippen molar-refractivity contribution in [1.29, 1.82) is 0 Å². The second-order valence-corrected chi connectivity index (χ2v) is 7.13. The first-order valence-corrected chi connectivity index (χ1v) is 9.23. The summed E-state index contributed by atoms with van der Waals surface area (Å²) in [5.41, 5.74) is 0.225. The van der Waals surface area contributed by atoms with Gasteiger partial charge in [-0.05, 0) is 13.0 Å². The van der Waals surface area contributed by atoms with Gasteiger partial charge in [0.25, 0.3) is 11.2 Å². The minimum Gasteiger partial charge on any atom is -0.346 e. The summed E-state index contributed by atoms with van der Waals surface area (Å²) in [4.78, 5) is 61.5. The van der Waals surface area contributed by atoms with Crippen molar-refractivity contribution in [1.82, 2.24) is 34.4 Å². The highest BCUT2D eigenvalue weighted by atomic mass is 16.6. The minimum absolute atomic E-state index is 0.0650. The number of nitro benzene ring substituents is 1. The van der Waals surface area contributed by atoms with Crippen LogP contribution in [0.2, 0.25) is 0 Å². The van der Waals surface area contributed by atoms with Crippen molar-refractivity contribution in [3.8, 4) is 0 Å². The maximum atomic E-state index is 12.5. The number of benzene rings is 1. The first kappa shape index (κ1) is 20.0. The number of carbonyl (C=O) groups excluding carboxylic acids is 1. The molecule has 13 heteroatoms. The van der Waals surface area contributed by atoms with Crippen molar-refractivity contribution in [3.63, 3.8) is 0 Å². The quantitative estimate of drug-likeness (QED) is 0.301. The number of carbonyl (C=O) groups is 1. The maximum Gasteiger partial charge on any atom is 0.332 e. The molecule has 3 aromatic heterocycles. The van der Waals surface area contributed by atoms with E-state index in [-0.39, 0.29) is 35.0 Å². The monoisotopic (exact) mass is 426 g/mol. The zero-order valence-corrected chi connectivity index (χ0v) is 16.8. The molecule has 0 fully saturated rings. The number of aromatic amines is 2. The molecule has 13 nitrogen and oxygen atoms in total. The fourth-order valence-electron chi connectivity index (χ4n) is 3.31. The number of nitrogens with one attached hydrogen (secondary N) is 3. The first-order valence-electron chi connectivity index (χ1n) is 9.23. The predicted octanol–water partition coefficient (Wildman–Crippen LogP) is 0.165. The van der Waals surface area contributed by atoms with Crippen molar-refractivity contribution in [2.24, 2.45) is 14.1 Å². The van der Waals surface area contributed by atoms with E-state index in [1.54, 1.807) is 6.92 Å². The number of nitro groups is 1. The Hall–Kier alpha value is -4.29. The molecule has 0 radical (unpaired) electrons. The van der Waals surface area contributed by atoms with Crippen LogP contribution in [-0.2, 0) is 25.3 Å². The predicted molar refractivity (Wildman–Crippen MR) is 110 cm³/mol. The lowest BCUT2D eigenvalue weighted by atomic mass is 10.3. The van der Waals surface area contributed by atoms with Crippen LogP contribution in [-0.4, -0.2) is 39.9 Å². The standard InChI is InChI=1S/C18H18N8O5/c1-8(15-20-10-5-4-9(26(30)31)6-11(10)21-15)19-13(27)7-12-22-14-16(23-12)24(2)18(29)25(3)17(14)28/h4-6,8H,7H2,1-3H3,(H,19,27)(H,20,21)(H,22,23).